The molecule has 3 rings (SSSR count). The highest BCUT2D eigenvalue weighted by Crippen LogP contribution is 2.26. The number of amides is 2. The zero-order valence-electron chi connectivity index (χ0n) is 15.3. The van der Waals surface area contributed by atoms with Gasteiger partial charge in [-0.25, -0.2) is 8.42 Å². The van der Waals surface area contributed by atoms with Gasteiger partial charge >= 0.3 is 0 Å². The number of primary amides is 1. The first kappa shape index (κ1) is 20.4. The predicted octanol–water partition coefficient (Wildman–Crippen LogP) is 1.82. The van der Waals surface area contributed by atoms with Gasteiger partial charge in [-0.3, -0.25) is 9.59 Å². The lowest BCUT2D eigenvalue weighted by atomic mass is 9.97. The summed E-state index contributed by atoms with van der Waals surface area (Å²) in [6.07, 6.45) is 2.19. The number of aryl methyl sites for hydroxylation is 1. The van der Waals surface area contributed by atoms with Crippen molar-refractivity contribution in [1.82, 2.24) is 8.87 Å². The van der Waals surface area contributed by atoms with Crippen LogP contribution in [0.3, 0.4) is 0 Å². The largest absolute Gasteiger partial charge is 0.364 e. The Kier molecular flexibility index (Phi) is 5.78. The molecule has 2 aromatic rings. The molecular formula is C18H21ClN4O4S. The van der Waals surface area contributed by atoms with Gasteiger partial charge in [-0.2, -0.15) is 4.31 Å². The molecule has 8 nitrogen and oxygen atoms in total. The molecule has 150 valence electrons. The highest BCUT2D eigenvalue weighted by molar-refractivity contribution is 7.89. The first-order chi connectivity index (χ1) is 13.2. The van der Waals surface area contributed by atoms with E-state index in [0.29, 0.717) is 23.6 Å². The molecule has 0 aliphatic carbocycles. The summed E-state index contributed by atoms with van der Waals surface area (Å²) < 4.78 is 28.4. The number of rotatable bonds is 5. The highest BCUT2D eigenvalue weighted by Gasteiger charge is 2.33. The van der Waals surface area contributed by atoms with Gasteiger partial charge < -0.3 is 15.6 Å². The number of piperidine rings is 1. The summed E-state index contributed by atoms with van der Waals surface area (Å²) in [5, 5.41) is 3.41. The summed E-state index contributed by atoms with van der Waals surface area (Å²) in [7, 11) is -2.19. The number of halogens is 1. The van der Waals surface area contributed by atoms with E-state index in [1.54, 1.807) is 31.3 Å². The Morgan fingerprint density at radius 3 is 2.32 bits per heavy atom. The average molecular weight is 425 g/mol. The second kappa shape index (κ2) is 7.94. The van der Waals surface area contributed by atoms with Crippen LogP contribution in [0, 0.1) is 5.92 Å². The molecule has 3 N–H and O–H groups in total. The second-order valence-corrected chi connectivity index (χ2v) is 9.09. The van der Waals surface area contributed by atoms with E-state index in [0.717, 1.165) is 0 Å². The van der Waals surface area contributed by atoms with Gasteiger partial charge in [-0.05, 0) is 43.2 Å². The Hall–Kier alpha value is -2.36. The number of sulfonamides is 1. The predicted molar refractivity (Wildman–Crippen MR) is 105 cm³/mol. The smallest absolute Gasteiger partial charge is 0.265 e. The number of carbonyl (C=O) groups excluding carboxylic acids is 2. The molecule has 1 aromatic heterocycles. The lowest BCUT2D eigenvalue weighted by Gasteiger charge is -2.30. The van der Waals surface area contributed by atoms with Crippen LogP contribution in [0.2, 0.25) is 5.02 Å². The lowest BCUT2D eigenvalue weighted by molar-refractivity contribution is -0.120. The van der Waals surface area contributed by atoms with Crippen LogP contribution in [0.4, 0.5) is 5.69 Å². The van der Waals surface area contributed by atoms with Crippen LogP contribution >= 0.6 is 11.6 Å². The molecule has 1 saturated heterocycles. The molecule has 0 bridgehead atoms. The van der Waals surface area contributed by atoms with Crippen LogP contribution in [0.15, 0.2) is 41.4 Å². The van der Waals surface area contributed by atoms with Crippen molar-refractivity contribution < 1.29 is 18.0 Å². The zero-order chi connectivity index (χ0) is 20.5. The fourth-order valence-electron chi connectivity index (χ4n) is 3.21. The van der Waals surface area contributed by atoms with Crippen LogP contribution in [0.5, 0.6) is 0 Å². The standard InChI is InChI=1S/C18H21ClN4O4S/c1-22-11-15(10-16(22)17(20)24)28(26,27)23-8-6-12(7-9-23)18(25)21-14-4-2-13(19)3-5-14/h2-5,10-12H,6-9H2,1H3,(H2,20,24)(H,21,25). The number of nitrogens with two attached hydrogens (primary N) is 1. The van der Waals surface area contributed by atoms with Gasteiger partial charge in [0, 0.05) is 43.0 Å². The number of nitrogens with zero attached hydrogens (tertiary/aromatic N) is 2. The normalized spacial score (nSPS) is 16.1. The van der Waals surface area contributed by atoms with Crippen LogP contribution in [-0.2, 0) is 21.9 Å². The highest BCUT2D eigenvalue weighted by atomic mass is 35.5. The Morgan fingerprint density at radius 1 is 1.18 bits per heavy atom. The SMILES string of the molecule is Cn1cc(S(=O)(=O)N2CCC(C(=O)Nc3ccc(Cl)cc3)CC2)cc1C(N)=O. The minimum absolute atomic E-state index is 0.0212. The molecule has 2 heterocycles. The number of aromatic nitrogens is 1. The molecule has 1 aliphatic heterocycles. The maximum Gasteiger partial charge on any atom is 0.265 e. The van der Waals surface area contributed by atoms with Crippen molar-refractivity contribution in [3.05, 3.63) is 47.2 Å². The zero-order valence-corrected chi connectivity index (χ0v) is 16.8. The van der Waals surface area contributed by atoms with Crippen molar-refractivity contribution in [2.24, 2.45) is 18.7 Å². The van der Waals surface area contributed by atoms with Crippen LogP contribution in [0.25, 0.3) is 0 Å². The van der Waals surface area contributed by atoms with Crippen LogP contribution < -0.4 is 11.1 Å². The van der Waals surface area contributed by atoms with Crippen molar-refractivity contribution in [1.29, 1.82) is 0 Å². The van der Waals surface area contributed by atoms with Crippen molar-refractivity contribution in [3.8, 4) is 0 Å². The number of carbonyl (C=O) groups is 2. The van der Waals surface area contributed by atoms with E-state index < -0.39 is 15.9 Å². The molecule has 2 amide bonds. The van der Waals surface area contributed by atoms with Gasteiger partial charge in [0.2, 0.25) is 15.9 Å². The van der Waals surface area contributed by atoms with Crippen molar-refractivity contribution in [2.45, 2.75) is 17.7 Å². The molecule has 1 fully saturated rings. The topological polar surface area (TPSA) is 114 Å². The summed E-state index contributed by atoms with van der Waals surface area (Å²) in [5.74, 6) is -1.12. The van der Waals surface area contributed by atoms with E-state index in [9.17, 15) is 18.0 Å². The fourth-order valence-corrected chi connectivity index (χ4v) is 4.87. The van der Waals surface area contributed by atoms with E-state index in [2.05, 4.69) is 5.32 Å². The molecule has 0 atom stereocenters. The van der Waals surface area contributed by atoms with Crippen molar-refractivity contribution in [2.75, 3.05) is 18.4 Å². The molecule has 0 saturated carbocycles. The molecular weight excluding hydrogens is 404 g/mol. The fraction of sp³-hybridized carbons (Fsp3) is 0.333. The monoisotopic (exact) mass is 424 g/mol. The minimum atomic E-state index is -3.75. The Balaban J connectivity index is 1.64. The van der Waals surface area contributed by atoms with Gasteiger partial charge in [0.1, 0.15) is 10.6 Å². The number of hydrogen-bond donors (Lipinski definition) is 2. The van der Waals surface area contributed by atoms with E-state index in [4.69, 9.17) is 17.3 Å². The summed E-state index contributed by atoms with van der Waals surface area (Å²) in [6, 6.07) is 8.08. The van der Waals surface area contributed by atoms with Gasteiger partial charge in [0.15, 0.2) is 0 Å². The van der Waals surface area contributed by atoms with Crippen LogP contribution in [0.1, 0.15) is 23.3 Å². The van der Waals surface area contributed by atoms with Gasteiger partial charge in [-0.15, -0.1) is 0 Å². The Bertz CT molecular complexity index is 993. The lowest BCUT2D eigenvalue weighted by Crippen LogP contribution is -2.41. The van der Waals surface area contributed by atoms with E-state index in [1.165, 1.54) is 21.1 Å². The number of nitrogens with one attached hydrogen (secondary N) is 1. The summed E-state index contributed by atoms with van der Waals surface area (Å²) in [6.45, 7) is 0.448. The Labute approximate surface area is 168 Å². The van der Waals surface area contributed by atoms with E-state index in [1.807, 2.05) is 0 Å². The van der Waals surface area contributed by atoms with Crippen molar-refractivity contribution in [3.63, 3.8) is 0 Å². The van der Waals surface area contributed by atoms with Gasteiger partial charge in [-0.1, -0.05) is 11.6 Å². The molecule has 0 radical (unpaired) electrons. The Morgan fingerprint density at radius 2 is 1.79 bits per heavy atom. The molecule has 1 aromatic carbocycles. The third-order valence-corrected chi connectivity index (χ3v) is 6.92. The third-order valence-electron chi connectivity index (χ3n) is 4.81. The number of benzene rings is 1. The van der Waals surface area contributed by atoms with Gasteiger partial charge in [0.25, 0.3) is 5.91 Å². The average Bonchev–Trinajstić information content (AvgIpc) is 3.06. The first-order valence-corrected chi connectivity index (χ1v) is 10.5. The van der Waals surface area contributed by atoms with Crippen molar-refractivity contribution >= 4 is 39.1 Å². The first-order valence-electron chi connectivity index (χ1n) is 8.71. The maximum atomic E-state index is 12.8. The summed E-state index contributed by atoms with van der Waals surface area (Å²) >= 11 is 5.83. The minimum Gasteiger partial charge on any atom is -0.364 e. The molecule has 28 heavy (non-hydrogen) atoms. The molecule has 0 spiro atoms. The summed E-state index contributed by atoms with van der Waals surface area (Å²) in [4.78, 5) is 23.8. The second-order valence-electron chi connectivity index (χ2n) is 6.71. The molecule has 10 heteroatoms. The maximum absolute atomic E-state index is 12.8. The number of anilines is 1. The number of hydrogen-bond acceptors (Lipinski definition) is 4. The van der Waals surface area contributed by atoms with E-state index >= 15 is 0 Å². The van der Waals surface area contributed by atoms with Crippen LogP contribution in [-0.4, -0.2) is 42.2 Å². The molecule has 0 unspecified atom stereocenters. The van der Waals surface area contributed by atoms with Gasteiger partial charge in [0.05, 0.1) is 0 Å². The molecule has 1 aliphatic rings. The summed E-state index contributed by atoms with van der Waals surface area (Å²) in [5.41, 5.74) is 6.02. The van der Waals surface area contributed by atoms with E-state index in [-0.39, 0.29) is 35.5 Å². The third kappa shape index (κ3) is 4.21. The quantitative estimate of drug-likeness (QED) is 0.761.